The fourth-order valence-corrected chi connectivity index (χ4v) is 2.97. The quantitative estimate of drug-likeness (QED) is 0.680. The minimum absolute atomic E-state index is 0.392. The monoisotopic (exact) mass is 366 g/mol. The van der Waals surface area contributed by atoms with E-state index in [0.717, 1.165) is 11.3 Å². The van der Waals surface area contributed by atoms with Gasteiger partial charge < -0.3 is 4.42 Å². The molecule has 140 valence electrons. The number of aryl methyl sites for hydroxylation is 2. The summed E-state index contributed by atoms with van der Waals surface area (Å²) in [5, 5.41) is 4.33. The first-order valence-electron chi connectivity index (χ1n) is 8.76. The Labute approximate surface area is 157 Å². The Morgan fingerprint density at radius 1 is 1.07 bits per heavy atom. The number of nitrogens with one attached hydrogen (secondary N) is 2. The molecule has 0 saturated carbocycles. The molecule has 2 amide bonds. The van der Waals surface area contributed by atoms with Gasteiger partial charge in [0.2, 0.25) is 0 Å². The van der Waals surface area contributed by atoms with Crippen molar-refractivity contribution in [2.24, 2.45) is 0 Å². The van der Waals surface area contributed by atoms with Crippen molar-refractivity contribution in [2.75, 3.05) is 0 Å². The number of carbonyl (C=O) groups excluding carboxylic acids is 2. The molecule has 0 fully saturated rings. The van der Waals surface area contributed by atoms with Gasteiger partial charge in [0.1, 0.15) is 11.5 Å². The van der Waals surface area contributed by atoms with Gasteiger partial charge in [-0.2, -0.15) is 5.10 Å². The van der Waals surface area contributed by atoms with Crippen molar-refractivity contribution >= 4 is 11.8 Å². The average molecular weight is 366 g/mol. The predicted molar refractivity (Wildman–Crippen MR) is 100 cm³/mol. The molecule has 0 bridgehead atoms. The molecule has 7 heteroatoms. The zero-order chi connectivity index (χ0) is 19.4. The molecule has 0 spiro atoms. The van der Waals surface area contributed by atoms with Crippen molar-refractivity contribution in [1.82, 2.24) is 20.6 Å². The number of hydrazine groups is 1. The third kappa shape index (κ3) is 4.08. The molecule has 2 heterocycles. The SMILES string of the molecule is CCc1c(C(=O)NNC(=O)c2cc(C)oc2C)cnn1Cc1ccccc1. The standard InChI is InChI=1S/C20H22N4O3/c1-4-18-17(11-21-24(18)12-15-8-6-5-7-9-15)20(26)23-22-19(25)16-10-13(2)27-14(16)3/h5-11H,4,12H2,1-3H3,(H,22,25)(H,23,26). The Morgan fingerprint density at radius 2 is 1.74 bits per heavy atom. The van der Waals surface area contributed by atoms with Crippen molar-refractivity contribution in [3.8, 4) is 0 Å². The van der Waals surface area contributed by atoms with Gasteiger partial charge in [-0.3, -0.25) is 25.1 Å². The highest BCUT2D eigenvalue weighted by Crippen LogP contribution is 2.14. The summed E-state index contributed by atoms with van der Waals surface area (Å²) >= 11 is 0. The molecule has 0 aliphatic heterocycles. The summed E-state index contributed by atoms with van der Waals surface area (Å²) in [5.41, 5.74) is 7.61. The summed E-state index contributed by atoms with van der Waals surface area (Å²) in [7, 11) is 0. The summed E-state index contributed by atoms with van der Waals surface area (Å²) in [6.07, 6.45) is 2.17. The number of rotatable bonds is 5. The lowest BCUT2D eigenvalue weighted by Gasteiger charge is -2.09. The van der Waals surface area contributed by atoms with Crippen LogP contribution in [0.3, 0.4) is 0 Å². The second-order valence-corrected chi connectivity index (χ2v) is 6.24. The van der Waals surface area contributed by atoms with Gasteiger partial charge in [0.05, 0.1) is 29.6 Å². The van der Waals surface area contributed by atoms with Crippen molar-refractivity contribution in [3.05, 3.63) is 76.5 Å². The molecule has 2 N–H and O–H groups in total. The summed E-state index contributed by atoms with van der Waals surface area (Å²) in [4.78, 5) is 24.7. The van der Waals surface area contributed by atoms with E-state index in [4.69, 9.17) is 4.42 Å². The van der Waals surface area contributed by atoms with E-state index in [1.807, 2.05) is 37.3 Å². The molecule has 0 radical (unpaired) electrons. The summed E-state index contributed by atoms with van der Waals surface area (Å²) in [6.45, 7) is 6.01. The number of furan rings is 1. The zero-order valence-corrected chi connectivity index (χ0v) is 15.6. The maximum Gasteiger partial charge on any atom is 0.273 e. The van der Waals surface area contributed by atoms with Crippen LogP contribution < -0.4 is 10.9 Å². The van der Waals surface area contributed by atoms with Crippen LogP contribution >= 0.6 is 0 Å². The van der Waals surface area contributed by atoms with E-state index in [0.29, 0.717) is 35.6 Å². The molecule has 3 aromatic rings. The predicted octanol–water partition coefficient (Wildman–Crippen LogP) is 2.78. The third-order valence-corrected chi connectivity index (χ3v) is 4.28. The Kier molecular flexibility index (Phi) is 5.40. The van der Waals surface area contributed by atoms with E-state index in [1.54, 1.807) is 24.6 Å². The number of hydrogen-bond acceptors (Lipinski definition) is 4. The fourth-order valence-electron chi connectivity index (χ4n) is 2.97. The molecule has 1 aromatic carbocycles. The van der Waals surface area contributed by atoms with Crippen LogP contribution in [0.15, 0.2) is 47.0 Å². The van der Waals surface area contributed by atoms with Crippen LogP contribution in [-0.2, 0) is 13.0 Å². The van der Waals surface area contributed by atoms with Gasteiger partial charge in [0.25, 0.3) is 11.8 Å². The van der Waals surface area contributed by atoms with E-state index < -0.39 is 11.8 Å². The van der Waals surface area contributed by atoms with Gasteiger partial charge >= 0.3 is 0 Å². The first kappa shape index (κ1) is 18.4. The molecule has 0 unspecified atom stereocenters. The van der Waals surface area contributed by atoms with Crippen LogP contribution in [0.2, 0.25) is 0 Å². The van der Waals surface area contributed by atoms with Crippen LogP contribution in [0, 0.1) is 13.8 Å². The van der Waals surface area contributed by atoms with E-state index in [-0.39, 0.29) is 0 Å². The second-order valence-electron chi connectivity index (χ2n) is 6.24. The largest absolute Gasteiger partial charge is 0.466 e. The van der Waals surface area contributed by atoms with Crippen molar-refractivity contribution < 1.29 is 14.0 Å². The first-order valence-corrected chi connectivity index (χ1v) is 8.76. The minimum Gasteiger partial charge on any atom is -0.466 e. The third-order valence-electron chi connectivity index (χ3n) is 4.28. The second kappa shape index (κ2) is 7.90. The van der Waals surface area contributed by atoms with E-state index in [2.05, 4.69) is 16.0 Å². The van der Waals surface area contributed by atoms with Gasteiger partial charge in [0, 0.05) is 0 Å². The Bertz CT molecular complexity index is 957. The summed E-state index contributed by atoms with van der Waals surface area (Å²) in [6, 6.07) is 11.5. The molecule has 7 nitrogen and oxygen atoms in total. The van der Waals surface area contributed by atoms with Gasteiger partial charge in [-0.15, -0.1) is 0 Å². The van der Waals surface area contributed by atoms with Crippen LogP contribution in [0.1, 0.15) is 50.4 Å². The van der Waals surface area contributed by atoms with Gasteiger partial charge in [-0.05, 0) is 31.9 Å². The number of hydrogen-bond donors (Lipinski definition) is 2. The van der Waals surface area contributed by atoms with Crippen LogP contribution in [0.4, 0.5) is 0 Å². The normalized spacial score (nSPS) is 10.6. The maximum absolute atomic E-state index is 12.5. The van der Waals surface area contributed by atoms with Crippen molar-refractivity contribution in [1.29, 1.82) is 0 Å². The number of carbonyl (C=O) groups is 2. The molecular formula is C20H22N4O3. The molecule has 0 atom stereocenters. The Balaban J connectivity index is 1.69. The van der Waals surface area contributed by atoms with Gasteiger partial charge in [0.15, 0.2) is 0 Å². The number of nitrogens with zero attached hydrogens (tertiary/aromatic N) is 2. The molecule has 0 aliphatic carbocycles. The highest BCUT2D eigenvalue weighted by Gasteiger charge is 2.18. The Hall–Kier alpha value is -3.35. The topological polar surface area (TPSA) is 89.2 Å². The van der Waals surface area contributed by atoms with Crippen molar-refractivity contribution in [3.63, 3.8) is 0 Å². The Morgan fingerprint density at radius 3 is 2.33 bits per heavy atom. The highest BCUT2D eigenvalue weighted by molar-refractivity contribution is 6.00. The van der Waals surface area contributed by atoms with E-state index in [9.17, 15) is 9.59 Å². The molecule has 0 saturated heterocycles. The average Bonchev–Trinajstić information content (AvgIpc) is 3.22. The molecule has 0 aliphatic rings. The molecule has 3 rings (SSSR count). The smallest absolute Gasteiger partial charge is 0.273 e. The number of benzene rings is 1. The minimum atomic E-state index is -0.424. The van der Waals surface area contributed by atoms with E-state index in [1.165, 1.54) is 6.20 Å². The molecule has 27 heavy (non-hydrogen) atoms. The molecule has 2 aromatic heterocycles. The maximum atomic E-state index is 12.5. The lowest BCUT2D eigenvalue weighted by atomic mass is 10.2. The zero-order valence-electron chi connectivity index (χ0n) is 15.6. The fraction of sp³-hybridized carbons (Fsp3) is 0.250. The van der Waals surface area contributed by atoms with Crippen molar-refractivity contribution in [2.45, 2.75) is 33.7 Å². The van der Waals surface area contributed by atoms with E-state index >= 15 is 0 Å². The molecular weight excluding hydrogens is 344 g/mol. The number of aromatic nitrogens is 2. The van der Waals surface area contributed by atoms with Gasteiger partial charge in [-0.25, -0.2) is 0 Å². The lowest BCUT2D eigenvalue weighted by molar-refractivity contribution is 0.0845. The van der Waals surface area contributed by atoms with Crippen LogP contribution in [0.25, 0.3) is 0 Å². The highest BCUT2D eigenvalue weighted by atomic mass is 16.3. The summed E-state index contributed by atoms with van der Waals surface area (Å²) in [5.74, 6) is 0.313. The number of amides is 2. The van der Waals surface area contributed by atoms with Crippen LogP contribution in [-0.4, -0.2) is 21.6 Å². The van der Waals surface area contributed by atoms with Crippen LogP contribution in [0.5, 0.6) is 0 Å². The lowest BCUT2D eigenvalue weighted by Crippen LogP contribution is -2.42. The first-order chi connectivity index (χ1) is 13.0. The van der Waals surface area contributed by atoms with Gasteiger partial charge in [-0.1, -0.05) is 37.3 Å². The summed E-state index contributed by atoms with van der Waals surface area (Å²) < 4.78 is 7.14.